The summed E-state index contributed by atoms with van der Waals surface area (Å²) < 4.78 is 1.12. The summed E-state index contributed by atoms with van der Waals surface area (Å²) in [6.45, 7) is 6.24. The van der Waals surface area contributed by atoms with E-state index in [1.54, 1.807) is 0 Å². The number of aryl methyl sites for hydroxylation is 3. The maximum atomic E-state index is 5.60. The number of hydrazine groups is 1. The number of nitrogens with two attached hydrogens (primary N) is 1. The monoisotopic (exact) mass is 293 g/mol. The van der Waals surface area contributed by atoms with Crippen LogP contribution in [0.3, 0.4) is 0 Å². The van der Waals surface area contributed by atoms with Gasteiger partial charge in [-0.2, -0.15) is 0 Å². The lowest BCUT2D eigenvalue weighted by atomic mass is 10.0. The zero-order chi connectivity index (χ0) is 12.6. The number of hydrogen-bond donors (Lipinski definition) is 2. The summed E-state index contributed by atoms with van der Waals surface area (Å²) in [6.07, 6.45) is 0.902. The van der Waals surface area contributed by atoms with E-state index in [0.717, 1.165) is 33.2 Å². The molecule has 0 saturated heterocycles. The van der Waals surface area contributed by atoms with Crippen molar-refractivity contribution in [2.24, 2.45) is 5.84 Å². The molecule has 0 spiro atoms. The molecule has 1 aromatic carbocycles. The number of pyridine rings is 1. The van der Waals surface area contributed by atoms with Gasteiger partial charge in [-0.3, -0.25) is 10.8 Å². The first-order valence-corrected chi connectivity index (χ1v) is 6.43. The predicted octanol–water partition coefficient (Wildman–Crippen LogP) is 3.46. The first kappa shape index (κ1) is 12.3. The number of anilines is 1. The number of nitrogens with one attached hydrogen (secondary N) is 1. The second kappa shape index (κ2) is 4.63. The van der Waals surface area contributed by atoms with Gasteiger partial charge in [0.25, 0.3) is 0 Å². The number of rotatable bonds is 2. The summed E-state index contributed by atoms with van der Waals surface area (Å²) in [4.78, 5) is 4.65. The van der Waals surface area contributed by atoms with Gasteiger partial charge < -0.3 is 5.43 Å². The van der Waals surface area contributed by atoms with Crippen LogP contribution < -0.4 is 11.3 Å². The van der Waals surface area contributed by atoms with Gasteiger partial charge in [0.1, 0.15) is 0 Å². The Labute approximate surface area is 110 Å². The van der Waals surface area contributed by atoms with Crippen LogP contribution in [0.4, 0.5) is 5.69 Å². The number of aromatic nitrogens is 1. The quantitative estimate of drug-likeness (QED) is 0.658. The summed E-state index contributed by atoms with van der Waals surface area (Å²) in [6, 6.07) is 4.10. The van der Waals surface area contributed by atoms with Crippen LogP contribution in [0.1, 0.15) is 23.7 Å². The topological polar surface area (TPSA) is 50.9 Å². The van der Waals surface area contributed by atoms with E-state index < -0.39 is 0 Å². The van der Waals surface area contributed by atoms with Crippen LogP contribution in [0.15, 0.2) is 16.6 Å². The summed E-state index contributed by atoms with van der Waals surface area (Å²) in [5.41, 5.74) is 8.11. The molecule has 0 amide bonds. The third-order valence-corrected chi connectivity index (χ3v) is 4.24. The Kier molecular flexibility index (Phi) is 3.35. The van der Waals surface area contributed by atoms with Crippen molar-refractivity contribution in [3.63, 3.8) is 0 Å². The largest absolute Gasteiger partial charge is 0.323 e. The molecular weight excluding hydrogens is 278 g/mol. The number of nitrogens with zero attached hydrogens (tertiary/aromatic N) is 1. The smallest absolute Gasteiger partial charge is 0.0732 e. The summed E-state index contributed by atoms with van der Waals surface area (Å²) in [7, 11) is 0. The van der Waals surface area contributed by atoms with Crippen molar-refractivity contribution in [2.45, 2.75) is 27.2 Å². The third kappa shape index (κ3) is 2.03. The minimum atomic E-state index is 0.902. The lowest BCUT2D eigenvalue weighted by molar-refractivity contribution is 1.05. The number of nitrogen functional groups attached to an aromatic ring is 1. The Balaban J connectivity index is 2.89. The fraction of sp³-hybridized carbons (Fsp3) is 0.308. The van der Waals surface area contributed by atoms with Gasteiger partial charge in [0.2, 0.25) is 0 Å². The van der Waals surface area contributed by atoms with Gasteiger partial charge in [-0.05, 0) is 43.5 Å². The second-order valence-electron chi connectivity index (χ2n) is 4.19. The van der Waals surface area contributed by atoms with Gasteiger partial charge in [0.15, 0.2) is 0 Å². The van der Waals surface area contributed by atoms with Gasteiger partial charge in [0.05, 0.1) is 11.2 Å². The number of hydrogen-bond acceptors (Lipinski definition) is 3. The molecule has 0 fully saturated rings. The molecule has 0 aliphatic heterocycles. The van der Waals surface area contributed by atoms with Crippen LogP contribution in [0, 0.1) is 13.8 Å². The Morgan fingerprint density at radius 2 is 2.06 bits per heavy atom. The van der Waals surface area contributed by atoms with E-state index in [1.807, 2.05) is 6.07 Å². The zero-order valence-corrected chi connectivity index (χ0v) is 11.9. The molecule has 0 unspecified atom stereocenters. The standard InChI is InChI=1S/C13H16BrN3/c1-4-9-6-11(17-15)12-8(3)13(14)7(2)5-10(12)16-9/h5-6H,4,15H2,1-3H3,(H,16,17). The summed E-state index contributed by atoms with van der Waals surface area (Å²) >= 11 is 3.60. The highest BCUT2D eigenvalue weighted by atomic mass is 79.9. The van der Waals surface area contributed by atoms with Gasteiger partial charge >= 0.3 is 0 Å². The molecule has 0 aliphatic carbocycles. The van der Waals surface area contributed by atoms with Crippen LogP contribution in [0.2, 0.25) is 0 Å². The Morgan fingerprint density at radius 1 is 1.35 bits per heavy atom. The molecule has 4 heteroatoms. The Morgan fingerprint density at radius 3 is 2.65 bits per heavy atom. The second-order valence-corrected chi connectivity index (χ2v) is 4.98. The zero-order valence-electron chi connectivity index (χ0n) is 10.3. The normalized spacial score (nSPS) is 10.9. The molecule has 1 heterocycles. The van der Waals surface area contributed by atoms with Gasteiger partial charge in [-0.25, -0.2) is 0 Å². The van der Waals surface area contributed by atoms with E-state index in [2.05, 4.69) is 53.2 Å². The first-order valence-electron chi connectivity index (χ1n) is 5.64. The van der Waals surface area contributed by atoms with Gasteiger partial charge in [0, 0.05) is 15.6 Å². The molecule has 0 bridgehead atoms. The predicted molar refractivity (Wildman–Crippen MR) is 76.1 cm³/mol. The van der Waals surface area contributed by atoms with Crippen LogP contribution in [-0.2, 0) is 6.42 Å². The van der Waals surface area contributed by atoms with Crippen LogP contribution >= 0.6 is 15.9 Å². The maximum absolute atomic E-state index is 5.60. The van der Waals surface area contributed by atoms with E-state index >= 15 is 0 Å². The molecule has 90 valence electrons. The molecule has 0 aliphatic rings. The lowest BCUT2D eigenvalue weighted by Gasteiger charge is -2.13. The SMILES string of the molecule is CCc1cc(NN)c2c(C)c(Br)c(C)cc2n1. The van der Waals surface area contributed by atoms with E-state index in [-0.39, 0.29) is 0 Å². The molecule has 17 heavy (non-hydrogen) atoms. The number of benzene rings is 1. The third-order valence-electron chi connectivity index (χ3n) is 3.02. The first-order chi connectivity index (χ1) is 8.08. The Bertz CT molecular complexity index is 579. The van der Waals surface area contributed by atoms with E-state index in [1.165, 1.54) is 11.1 Å². The van der Waals surface area contributed by atoms with Crippen LogP contribution in [-0.4, -0.2) is 4.98 Å². The molecule has 3 nitrogen and oxygen atoms in total. The van der Waals surface area contributed by atoms with Crippen molar-refractivity contribution in [2.75, 3.05) is 5.43 Å². The Hall–Kier alpha value is -1.13. The fourth-order valence-electron chi connectivity index (χ4n) is 2.09. The highest BCUT2D eigenvalue weighted by Crippen LogP contribution is 2.33. The summed E-state index contributed by atoms with van der Waals surface area (Å²) in [5, 5.41) is 1.09. The van der Waals surface area contributed by atoms with Crippen molar-refractivity contribution in [3.05, 3.63) is 33.4 Å². The highest BCUT2D eigenvalue weighted by molar-refractivity contribution is 9.10. The van der Waals surface area contributed by atoms with E-state index in [0.29, 0.717) is 0 Å². The average molecular weight is 294 g/mol. The van der Waals surface area contributed by atoms with E-state index in [4.69, 9.17) is 5.84 Å². The highest BCUT2D eigenvalue weighted by Gasteiger charge is 2.11. The minimum absolute atomic E-state index is 0.902. The summed E-state index contributed by atoms with van der Waals surface area (Å²) in [5.74, 6) is 5.60. The maximum Gasteiger partial charge on any atom is 0.0732 e. The van der Waals surface area contributed by atoms with E-state index in [9.17, 15) is 0 Å². The molecule has 0 radical (unpaired) electrons. The van der Waals surface area contributed by atoms with Crippen LogP contribution in [0.25, 0.3) is 10.9 Å². The molecule has 3 N–H and O–H groups in total. The minimum Gasteiger partial charge on any atom is -0.323 e. The molecule has 2 rings (SSSR count). The average Bonchev–Trinajstić information content (AvgIpc) is 2.34. The fourth-order valence-corrected chi connectivity index (χ4v) is 2.40. The molecule has 0 atom stereocenters. The number of halogens is 1. The van der Waals surface area contributed by atoms with Crippen molar-refractivity contribution in [1.29, 1.82) is 0 Å². The molecular formula is C13H16BrN3. The number of fused-ring (bicyclic) bond motifs is 1. The molecule has 1 aromatic heterocycles. The molecule has 0 saturated carbocycles. The molecule has 2 aromatic rings. The van der Waals surface area contributed by atoms with Crippen molar-refractivity contribution in [3.8, 4) is 0 Å². The van der Waals surface area contributed by atoms with Gasteiger partial charge in [-0.15, -0.1) is 0 Å². The van der Waals surface area contributed by atoms with Crippen molar-refractivity contribution in [1.82, 2.24) is 4.98 Å². The van der Waals surface area contributed by atoms with Crippen molar-refractivity contribution >= 4 is 32.5 Å². The van der Waals surface area contributed by atoms with Gasteiger partial charge in [-0.1, -0.05) is 22.9 Å². The lowest BCUT2D eigenvalue weighted by Crippen LogP contribution is -2.09. The van der Waals surface area contributed by atoms with Crippen LogP contribution in [0.5, 0.6) is 0 Å². The van der Waals surface area contributed by atoms with Crippen molar-refractivity contribution < 1.29 is 0 Å².